The summed E-state index contributed by atoms with van der Waals surface area (Å²) in [6.07, 6.45) is 1.89. The molecule has 2 amide bonds. The summed E-state index contributed by atoms with van der Waals surface area (Å²) >= 11 is 1.40. The summed E-state index contributed by atoms with van der Waals surface area (Å²) < 4.78 is 5.39. The first kappa shape index (κ1) is 17.6. The van der Waals surface area contributed by atoms with Crippen molar-refractivity contribution < 1.29 is 14.3 Å². The van der Waals surface area contributed by atoms with Gasteiger partial charge in [0, 0.05) is 30.0 Å². The zero-order valence-electron chi connectivity index (χ0n) is 14.6. The Balaban J connectivity index is 1.45. The average molecular weight is 382 g/mol. The number of anilines is 1. The number of nitrogens with one attached hydrogen (secondary N) is 1. The van der Waals surface area contributed by atoms with Crippen LogP contribution in [0.3, 0.4) is 0 Å². The summed E-state index contributed by atoms with van der Waals surface area (Å²) in [5, 5.41) is 12.4. The molecule has 1 N–H and O–H groups in total. The fraction of sp³-hybridized carbons (Fsp3) is 0.368. The molecule has 27 heavy (non-hydrogen) atoms. The molecule has 0 saturated carbocycles. The molecule has 3 heterocycles. The van der Waals surface area contributed by atoms with Crippen molar-refractivity contribution >= 4 is 28.3 Å². The van der Waals surface area contributed by atoms with E-state index in [9.17, 15) is 9.59 Å². The Hall–Kier alpha value is -2.76. The number of hydrogen-bond acceptors (Lipinski definition) is 6. The Bertz CT molecular complexity index is 927. The highest BCUT2D eigenvalue weighted by Gasteiger charge is 2.28. The van der Waals surface area contributed by atoms with Crippen molar-refractivity contribution in [3.8, 4) is 6.07 Å². The zero-order chi connectivity index (χ0) is 18.8. The van der Waals surface area contributed by atoms with E-state index in [2.05, 4.69) is 16.4 Å². The van der Waals surface area contributed by atoms with Gasteiger partial charge in [-0.1, -0.05) is 17.4 Å². The molecule has 0 bridgehead atoms. The Morgan fingerprint density at radius 1 is 1.41 bits per heavy atom. The first-order chi connectivity index (χ1) is 13.1. The van der Waals surface area contributed by atoms with Gasteiger partial charge in [0.25, 0.3) is 11.8 Å². The van der Waals surface area contributed by atoms with Gasteiger partial charge < -0.3 is 9.64 Å². The van der Waals surface area contributed by atoms with Crippen LogP contribution in [0.2, 0.25) is 0 Å². The molecule has 1 saturated heterocycles. The zero-order valence-corrected chi connectivity index (χ0v) is 15.4. The van der Waals surface area contributed by atoms with Gasteiger partial charge in [-0.25, -0.2) is 4.98 Å². The molecule has 1 unspecified atom stereocenters. The summed E-state index contributed by atoms with van der Waals surface area (Å²) in [5.41, 5.74) is 1.90. The Kier molecular flexibility index (Phi) is 4.88. The number of nitrogens with zero attached hydrogens (tertiary/aromatic N) is 3. The molecule has 1 aromatic heterocycles. The number of benzene rings is 1. The normalized spacial score (nSPS) is 18.6. The van der Waals surface area contributed by atoms with Crippen molar-refractivity contribution in [2.45, 2.75) is 31.9 Å². The second-order valence-corrected chi connectivity index (χ2v) is 7.63. The topological polar surface area (TPSA) is 95.3 Å². The van der Waals surface area contributed by atoms with Gasteiger partial charge in [0.1, 0.15) is 6.10 Å². The minimum absolute atomic E-state index is 0.101. The molecule has 7 nitrogen and oxygen atoms in total. The van der Waals surface area contributed by atoms with Crippen LogP contribution in [0.1, 0.15) is 39.3 Å². The minimum Gasteiger partial charge on any atom is -0.368 e. The van der Waals surface area contributed by atoms with E-state index >= 15 is 0 Å². The van der Waals surface area contributed by atoms with Crippen LogP contribution in [-0.2, 0) is 22.5 Å². The molecule has 1 aromatic carbocycles. The lowest BCUT2D eigenvalue weighted by Gasteiger charge is -2.26. The van der Waals surface area contributed by atoms with Crippen molar-refractivity contribution in [2.75, 3.05) is 18.5 Å². The summed E-state index contributed by atoms with van der Waals surface area (Å²) in [4.78, 5) is 32.2. The molecule has 2 aliphatic heterocycles. The maximum atomic E-state index is 12.8. The Labute approximate surface area is 160 Å². The quantitative estimate of drug-likeness (QED) is 0.879. The number of thiazole rings is 1. The van der Waals surface area contributed by atoms with Crippen LogP contribution in [0.4, 0.5) is 5.13 Å². The predicted octanol–water partition coefficient (Wildman–Crippen LogP) is 2.33. The number of carbonyl (C=O) groups is 2. The van der Waals surface area contributed by atoms with E-state index in [1.807, 2.05) is 0 Å². The van der Waals surface area contributed by atoms with Gasteiger partial charge >= 0.3 is 0 Å². The van der Waals surface area contributed by atoms with E-state index in [1.165, 1.54) is 11.3 Å². The molecule has 4 rings (SSSR count). The van der Waals surface area contributed by atoms with Crippen molar-refractivity contribution in [2.24, 2.45) is 0 Å². The molecule has 1 atom stereocenters. The van der Waals surface area contributed by atoms with Crippen molar-refractivity contribution in [1.29, 1.82) is 5.26 Å². The number of hydrogen-bond donors (Lipinski definition) is 1. The van der Waals surface area contributed by atoms with Crippen LogP contribution in [0, 0.1) is 11.3 Å². The lowest BCUT2D eigenvalue weighted by atomic mass is 10.1. The fourth-order valence-electron chi connectivity index (χ4n) is 3.30. The number of amides is 2. The second-order valence-electron chi connectivity index (χ2n) is 6.55. The van der Waals surface area contributed by atoms with Gasteiger partial charge in [-0.2, -0.15) is 5.26 Å². The number of nitriles is 1. The molecule has 0 aliphatic carbocycles. The number of carbonyl (C=O) groups excluding carboxylic acids is 2. The summed E-state index contributed by atoms with van der Waals surface area (Å²) in [6.45, 7) is 1.64. The van der Waals surface area contributed by atoms with E-state index in [0.717, 1.165) is 23.4 Å². The van der Waals surface area contributed by atoms with E-state index in [1.54, 1.807) is 29.2 Å². The van der Waals surface area contributed by atoms with Crippen LogP contribution in [0.25, 0.3) is 0 Å². The summed E-state index contributed by atoms with van der Waals surface area (Å²) in [7, 11) is 0. The van der Waals surface area contributed by atoms with Gasteiger partial charge in [0.2, 0.25) is 0 Å². The molecule has 0 spiro atoms. The standard InChI is InChI=1S/C19H18N4O3S/c20-10-12-3-1-4-13(9-12)18(25)23-7-6-14-16(11-23)27-19(21-14)22-17(24)15-5-2-8-26-15/h1,3-4,9,15H,2,5-8,11H2,(H,21,22,24). The molecule has 0 radical (unpaired) electrons. The summed E-state index contributed by atoms with van der Waals surface area (Å²) in [5.74, 6) is -0.254. The lowest BCUT2D eigenvalue weighted by molar-refractivity contribution is -0.124. The van der Waals surface area contributed by atoms with Crippen LogP contribution < -0.4 is 5.32 Å². The first-order valence-corrected chi connectivity index (χ1v) is 9.66. The highest BCUT2D eigenvalue weighted by molar-refractivity contribution is 7.15. The maximum absolute atomic E-state index is 12.8. The summed E-state index contributed by atoms with van der Waals surface area (Å²) in [6, 6.07) is 8.78. The molecule has 8 heteroatoms. The van der Waals surface area contributed by atoms with Gasteiger partial charge in [0.15, 0.2) is 5.13 Å². The van der Waals surface area contributed by atoms with Crippen molar-refractivity contribution in [1.82, 2.24) is 9.88 Å². The Morgan fingerprint density at radius 3 is 3.07 bits per heavy atom. The Morgan fingerprint density at radius 2 is 2.30 bits per heavy atom. The van der Waals surface area contributed by atoms with Gasteiger partial charge in [-0.15, -0.1) is 0 Å². The predicted molar refractivity (Wildman–Crippen MR) is 99.3 cm³/mol. The molecule has 2 aliphatic rings. The number of aromatic nitrogens is 1. The smallest absolute Gasteiger partial charge is 0.255 e. The van der Waals surface area contributed by atoms with Crippen LogP contribution in [-0.4, -0.2) is 41.0 Å². The first-order valence-electron chi connectivity index (χ1n) is 8.84. The highest BCUT2D eigenvalue weighted by atomic mass is 32.1. The maximum Gasteiger partial charge on any atom is 0.255 e. The van der Waals surface area contributed by atoms with Gasteiger partial charge in [0.05, 0.1) is 23.9 Å². The number of ether oxygens (including phenoxy) is 1. The molecule has 1 fully saturated rings. The number of fused-ring (bicyclic) bond motifs is 1. The van der Waals surface area contributed by atoms with Gasteiger partial charge in [-0.3, -0.25) is 14.9 Å². The monoisotopic (exact) mass is 382 g/mol. The molecule has 2 aromatic rings. The average Bonchev–Trinajstić information content (AvgIpc) is 3.36. The number of rotatable bonds is 3. The second kappa shape index (κ2) is 7.47. The van der Waals surface area contributed by atoms with Crippen molar-refractivity contribution in [3.05, 3.63) is 46.0 Å². The van der Waals surface area contributed by atoms with Crippen LogP contribution in [0.5, 0.6) is 0 Å². The molecular weight excluding hydrogens is 364 g/mol. The van der Waals surface area contributed by atoms with Crippen LogP contribution in [0.15, 0.2) is 24.3 Å². The fourth-order valence-corrected chi connectivity index (χ4v) is 4.32. The van der Waals surface area contributed by atoms with E-state index in [-0.39, 0.29) is 11.8 Å². The minimum atomic E-state index is -0.392. The van der Waals surface area contributed by atoms with E-state index in [4.69, 9.17) is 10.00 Å². The third kappa shape index (κ3) is 3.70. The molecular formula is C19H18N4O3S. The molecule has 138 valence electrons. The van der Waals surface area contributed by atoms with Crippen molar-refractivity contribution in [3.63, 3.8) is 0 Å². The highest BCUT2D eigenvalue weighted by Crippen LogP contribution is 2.29. The third-order valence-electron chi connectivity index (χ3n) is 4.71. The third-order valence-corrected chi connectivity index (χ3v) is 5.71. The van der Waals surface area contributed by atoms with E-state index < -0.39 is 6.10 Å². The lowest BCUT2D eigenvalue weighted by Crippen LogP contribution is -2.35. The van der Waals surface area contributed by atoms with Crippen LogP contribution >= 0.6 is 11.3 Å². The SMILES string of the molecule is N#Cc1cccc(C(=O)N2CCc3nc(NC(=O)C4CCCO4)sc3C2)c1. The largest absolute Gasteiger partial charge is 0.368 e. The van der Waals surface area contributed by atoms with Gasteiger partial charge in [-0.05, 0) is 31.0 Å². The van der Waals surface area contributed by atoms with E-state index in [0.29, 0.717) is 42.4 Å².